The minimum atomic E-state index is -0.918. The SMILES string of the molecule is Cc1cc(-c2cccc([N+](=O)[O-])c2)nc(NCCC(=O)O)n1. The monoisotopic (exact) mass is 302 g/mol. The second-order valence-electron chi connectivity index (χ2n) is 4.60. The number of aromatic nitrogens is 2. The van der Waals surface area contributed by atoms with Crippen LogP contribution in [0, 0.1) is 17.0 Å². The number of anilines is 1. The van der Waals surface area contributed by atoms with Crippen LogP contribution >= 0.6 is 0 Å². The van der Waals surface area contributed by atoms with Crippen LogP contribution in [0.15, 0.2) is 30.3 Å². The largest absolute Gasteiger partial charge is 0.481 e. The molecule has 1 heterocycles. The van der Waals surface area contributed by atoms with Crippen LogP contribution in [0.3, 0.4) is 0 Å². The lowest BCUT2D eigenvalue weighted by Gasteiger charge is -2.07. The summed E-state index contributed by atoms with van der Waals surface area (Å²) >= 11 is 0. The van der Waals surface area contributed by atoms with Crippen molar-refractivity contribution in [2.45, 2.75) is 13.3 Å². The Labute approximate surface area is 126 Å². The van der Waals surface area contributed by atoms with Crippen molar-refractivity contribution in [2.24, 2.45) is 0 Å². The van der Waals surface area contributed by atoms with Gasteiger partial charge in [-0.15, -0.1) is 0 Å². The lowest BCUT2D eigenvalue weighted by atomic mass is 10.1. The molecule has 0 radical (unpaired) electrons. The van der Waals surface area contributed by atoms with E-state index in [0.717, 1.165) is 0 Å². The first kappa shape index (κ1) is 15.4. The van der Waals surface area contributed by atoms with E-state index in [1.807, 2.05) is 0 Å². The molecule has 0 saturated carbocycles. The number of nitro groups is 1. The Bertz CT molecular complexity index is 718. The predicted molar refractivity (Wildman–Crippen MR) is 79.6 cm³/mol. The van der Waals surface area contributed by atoms with Gasteiger partial charge >= 0.3 is 5.97 Å². The van der Waals surface area contributed by atoms with E-state index >= 15 is 0 Å². The summed E-state index contributed by atoms with van der Waals surface area (Å²) < 4.78 is 0. The Kier molecular flexibility index (Phi) is 4.62. The summed E-state index contributed by atoms with van der Waals surface area (Å²) in [5.41, 5.74) is 1.79. The number of hydrogen-bond donors (Lipinski definition) is 2. The van der Waals surface area contributed by atoms with E-state index in [1.54, 1.807) is 25.1 Å². The molecule has 8 nitrogen and oxygen atoms in total. The van der Waals surface area contributed by atoms with Gasteiger partial charge in [-0.05, 0) is 13.0 Å². The summed E-state index contributed by atoms with van der Waals surface area (Å²) in [7, 11) is 0. The number of nitrogens with zero attached hydrogens (tertiary/aromatic N) is 3. The van der Waals surface area contributed by atoms with Gasteiger partial charge in [0.2, 0.25) is 5.95 Å². The van der Waals surface area contributed by atoms with Gasteiger partial charge in [0, 0.05) is 29.9 Å². The molecule has 0 saturated heterocycles. The average molecular weight is 302 g/mol. The first-order chi connectivity index (χ1) is 10.5. The van der Waals surface area contributed by atoms with Crippen molar-refractivity contribution >= 4 is 17.6 Å². The minimum absolute atomic E-state index is 0.0193. The summed E-state index contributed by atoms with van der Waals surface area (Å²) in [5, 5.41) is 22.3. The Morgan fingerprint density at radius 2 is 2.14 bits per heavy atom. The zero-order valence-corrected chi connectivity index (χ0v) is 11.8. The lowest BCUT2D eigenvalue weighted by Crippen LogP contribution is -2.10. The van der Waals surface area contributed by atoms with Gasteiger partial charge in [-0.1, -0.05) is 12.1 Å². The highest BCUT2D eigenvalue weighted by Gasteiger charge is 2.10. The van der Waals surface area contributed by atoms with Gasteiger partial charge in [-0.25, -0.2) is 9.97 Å². The highest BCUT2D eigenvalue weighted by Crippen LogP contribution is 2.23. The molecular weight excluding hydrogens is 288 g/mol. The quantitative estimate of drug-likeness (QED) is 0.620. The molecule has 0 aliphatic carbocycles. The van der Waals surface area contributed by atoms with Crippen molar-refractivity contribution in [1.29, 1.82) is 0 Å². The molecule has 2 rings (SSSR count). The number of aryl methyl sites for hydroxylation is 1. The summed E-state index contributed by atoms with van der Waals surface area (Å²) in [5.74, 6) is -0.623. The Morgan fingerprint density at radius 1 is 1.36 bits per heavy atom. The third kappa shape index (κ3) is 3.98. The number of non-ortho nitro benzene ring substituents is 1. The molecule has 0 aliphatic heterocycles. The zero-order valence-electron chi connectivity index (χ0n) is 11.8. The van der Waals surface area contributed by atoms with E-state index in [1.165, 1.54) is 12.1 Å². The smallest absolute Gasteiger partial charge is 0.305 e. The topological polar surface area (TPSA) is 118 Å². The number of benzene rings is 1. The van der Waals surface area contributed by atoms with Gasteiger partial charge < -0.3 is 10.4 Å². The number of carboxylic acids is 1. The van der Waals surface area contributed by atoms with Crippen LogP contribution < -0.4 is 5.32 Å². The first-order valence-corrected chi connectivity index (χ1v) is 6.52. The molecule has 0 bridgehead atoms. The van der Waals surface area contributed by atoms with Crippen molar-refractivity contribution < 1.29 is 14.8 Å². The van der Waals surface area contributed by atoms with E-state index in [4.69, 9.17) is 5.11 Å². The van der Waals surface area contributed by atoms with Crippen molar-refractivity contribution in [3.63, 3.8) is 0 Å². The normalized spacial score (nSPS) is 10.2. The molecular formula is C14H14N4O4. The van der Waals surface area contributed by atoms with Gasteiger partial charge in [0.05, 0.1) is 17.0 Å². The Hall–Kier alpha value is -3.03. The zero-order chi connectivity index (χ0) is 16.1. The van der Waals surface area contributed by atoms with Gasteiger partial charge in [-0.3, -0.25) is 14.9 Å². The van der Waals surface area contributed by atoms with Crippen molar-refractivity contribution in [1.82, 2.24) is 9.97 Å². The van der Waals surface area contributed by atoms with Crippen LogP contribution in [-0.4, -0.2) is 32.5 Å². The standard InChI is InChI=1S/C14H14N4O4/c1-9-7-12(10-3-2-4-11(8-10)18(21)22)17-14(16-9)15-6-5-13(19)20/h2-4,7-8H,5-6H2,1H3,(H,19,20)(H,15,16,17). The van der Waals surface area contributed by atoms with Crippen LogP contribution in [0.4, 0.5) is 11.6 Å². The number of nitrogens with one attached hydrogen (secondary N) is 1. The van der Waals surface area contributed by atoms with E-state index in [-0.39, 0.29) is 18.7 Å². The minimum Gasteiger partial charge on any atom is -0.481 e. The molecule has 1 aromatic carbocycles. The highest BCUT2D eigenvalue weighted by molar-refractivity contribution is 5.67. The molecule has 114 valence electrons. The van der Waals surface area contributed by atoms with E-state index in [9.17, 15) is 14.9 Å². The maximum absolute atomic E-state index is 10.8. The van der Waals surface area contributed by atoms with Crippen molar-refractivity contribution in [3.05, 3.63) is 46.1 Å². The van der Waals surface area contributed by atoms with Crippen LogP contribution in [-0.2, 0) is 4.79 Å². The van der Waals surface area contributed by atoms with Gasteiger partial charge in [-0.2, -0.15) is 0 Å². The summed E-state index contributed by atoms with van der Waals surface area (Å²) in [6.45, 7) is 1.97. The van der Waals surface area contributed by atoms with Gasteiger partial charge in [0.15, 0.2) is 0 Å². The fraction of sp³-hybridized carbons (Fsp3) is 0.214. The Balaban J connectivity index is 2.27. The number of carbonyl (C=O) groups is 1. The number of carboxylic acid groups (broad SMARTS) is 1. The van der Waals surface area contributed by atoms with E-state index < -0.39 is 10.9 Å². The van der Waals surface area contributed by atoms with Gasteiger partial charge in [0.25, 0.3) is 5.69 Å². The van der Waals surface area contributed by atoms with E-state index in [2.05, 4.69) is 15.3 Å². The Morgan fingerprint density at radius 3 is 2.82 bits per heavy atom. The maximum Gasteiger partial charge on any atom is 0.305 e. The molecule has 0 unspecified atom stereocenters. The molecule has 2 N–H and O–H groups in total. The molecule has 1 aromatic heterocycles. The third-order valence-electron chi connectivity index (χ3n) is 2.83. The van der Waals surface area contributed by atoms with Gasteiger partial charge in [0.1, 0.15) is 0 Å². The molecule has 22 heavy (non-hydrogen) atoms. The first-order valence-electron chi connectivity index (χ1n) is 6.52. The molecule has 0 atom stereocenters. The second-order valence-corrected chi connectivity index (χ2v) is 4.60. The van der Waals surface area contributed by atoms with Crippen LogP contribution in [0.2, 0.25) is 0 Å². The number of aliphatic carboxylic acids is 1. The summed E-state index contributed by atoms with van der Waals surface area (Å²) in [6.07, 6.45) is -0.0521. The lowest BCUT2D eigenvalue weighted by molar-refractivity contribution is -0.384. The molecule has 0 fully saturated rings. The number of hydrogen-bond acceptors (Lipinski definition) is 6. The molecule has 2 aromatic rings. The molecule has 8 heteroatoms. The third-order valence-corrected chi connectivity index (χ3v) is 2.83. The van der Waals surface area contributed by atoms with E-state index in [0.29, 0.717) is 22.9 Å². The fourth-order valence-electron chi connectivity index (χ4n) is 1.86. The van der Waals surface area contributed by atoms with Crippen molar-refractivity contribution in [3.8, 4) is 11.3 Å². The molecule has 0 aliphatic rings. The number of rotatable bonds is 6. The fourth-order valence-corrected chi connectivity index (χ4v) is 1.86. The maximum atomic E-state index is 10.8. The second kappa shape index (κ2) is 6.61. The highest BCUT2D eigenvalue weighted by atomic mass is 16.6. The summed E-state index contributed by atoms with van der Waals surface area (Å²) in [6, 6.07) is 7.85. The molecule has 0 spiro atoms. The summed E-state index contributed by atoms with van der Waals surface area (Å²) in [4.78, 5) is 29.3. The average Bonchev–Trinajstić information content (AvgIpc) is 2.46. The van der Waals surface area contributed by atoms with Crippen molar-refractivity contribution in [2.75, 3.05) is 11.9 Å². The number of nitro benzene ring substituents is 1. The predicted octanol–water partition coefficient (Wildman–Crippen LogP) is 2.25. The molecule has 0 amide bonds. The van der Waals surface area contributed by atoms with Crippen LogP contribution in [0.25, 0.3) is 11.3 Å². The van der Waals surface area contributed by atoms with Crippen LogP contribution in [0.1, 0.15) is 12.1 Å². The van der Waals surface area contributed by atoms with Crippen LogP contribution in [0.5, 0.6) is 0 Å².